The van der Waals surface area contributed by atoms with Crippen molar-refractivity contribution in [2.24, 2.45) is 0 Å². The second-order valence-corrected chi connectivity index (χ2v) is 7.90. The molecule has 0 aliphatic rings. The third-order valence-electron chi connectivity index (χ3n) is 4.26. The molecule has 0 fully saturated rings. The monoisotopic (exact) mass is 419 g/mol. The second kappa shape index (κ2) is 9.27. The van der Waals surface area contributed by atoms with Crippen molar-refractivity contribution in [3.8, 4) is 5.75 Å². The van der Waals surface area contributed by atoms with E-state index in [0.29, 0.717) is 36.0 Å². The average Bonchev–Trinajstić information content (AvgIpc) is 3.14. The van der Waals surface area contributed by atoms with Crippen molar-refractivity contribution in [2.75, 3.05) is 6.54 Å². The Balaban J connectivity index is 1.73. The molecule has 0 unspecified atom stereocenters. The summed E-state index contributed by atoms with van der Waals surface area (Å²) in [6.45, 7) is 1.03. The highest BCUT2D eigenvalue weighted by molar-refractivity contribution is 7.08. The Morgan fingerprint density at radius 1 is 1.04 bits per heavy atom. The molecule has 1 heterocycles. The summed E-state index contributed by atoms with van der Waals surface area (Å²) in [6, 6.07) is 14.3. The molecule has 140 valence electrons. The number of phenols is 1. The van der Waals surface area contributed by atoms with E-state index < -0.39 is 0 Å². The SMILES string of the molecule is O=C(Cc1ccsc1)N(CCc1ccc(Cl)cc1Cl)Cc1ccc(O)cc1. The van der Waals surface area contributed by atoms with Crippen LogP contribution in [0.4, 0.5) is 0 Å². The molecule has 2 aromatic carbocycles. The summed E-state index contributed by atoms with van der Waals surface area (Å²) >= 11 is 13.8. The van der Waals surface area contributed by atoms with Crippen LogP contribution >= 0.6 is 34.5 Å². The number of amides is 1. The fourth-order valence-electron chi connectivity index (χ4n) is 2.77. The molecule has 3 aromatic rings. The Kier molecular flexibility index (Phi) is 6.78. The van der Waals surface area contributed by atoms with Crippen LogP contribution in [0.2, 0.25) is 10.0 Å². The number of rotatable bonds is 7. The first-order valence-corrected chi connectivity index (χ1v) is 10.2. The number of halogens is 2. The van der Waals surface area contributed by atoms with Gasteiger partial charge in [-0.3, -0.25) is 4.79 Å². The predicted octanol–water partition coefficient (Wildman–Crippen LogP) is 5.57. The minimum absolute atomic E-state index is 0.0616. The number of nitrogens with zero attached hydrogens (tertiary/aromatic N) is 1. The van der Waals surface area contributed by atoms with E-state index in [1.54, 1.807) is 35.6 Å². The highest BCUT2D eigenvalue weighted by Crippen LogP contribution is 2.22. The lowest BCUT2D eigenvalue weighted by Gasteiger charge is -2.23. The summed E-state index contributed by atoms with van der Waals surface area (Å²) < 4.78 is 0. The summed E-state index contributed by atoms with van der Waals surface area (Å²) in [5.74, 6) is 0.273. The zero-order valence-corrected chi connectivity index (χ0v) is 16.9. The van der Waals surface area contributed by atoms with Gasteiger partial charge >= 0.3 is 0 Å². The van der Waals surface area contributed by atoms with Gasteiger partial charge in [-0.15, -0.1) is 0 Å². The van der Waals surface area contributed by atoms with Crippen molar-refractivity contribution in [1.29, 1.82) is 0 Å². The van der Waals surface area contributed by atoms with Gasteiger partial charge in [-0.25, -0.2) is 0 Å². The summed E-state index contributed by atoms with van der Waals surface area (Å²) in [5, 5.41) is 14.6. The zero-order chi connectivity index (χ0) is 19.2. The number of carbonyl (C=O) groups excluding carboxylic acids is 1. The van der Waals surface area contributed by atoms with Gasteiger partial charge in [-0.2, -0.15) is 11.3 Å². The fraction of sp³-hybridized carbons (Fsp3) is 0.190. The number of hydrogen-bond acceptors (Lipinski definition) is 3. The van der Waals surface area contributed by atoms with Crippen molar-refractivity contribution in [2.45, 2.75) is 19.4 Å². The van der Waals surface area contributed by atoms with Gasteiger partial charge in [0.1, 0.15) is 5.75 Å². The number of benzene rings is 2. The first-order valence-electron chi connectivity index (χ1n) is 8.52. The smallest absolute Gasteiger partial charge is 0.227 e. The third kappa shape index (κ3) is 5.73. The Bertz CT molecular complexity index is 895. The van der Waals surface area contributed by atoms with Crippen LogP contribution in [0.1, 0.15) is 16.7 Å². The average molecular weight is 420 g/mol. The summed E-state index contributed by atoms with van der Waals surface area (Å²) in [4.78, 5) is 14.7. The minimum Gasteiger partial charge on any atom is -0.508 e. The maximum Gasteiger partial charge on any atom is 0.227 e. The largest absolute Gasteiger partial charge is 0.508 e. The molecule has 1 aromatic heterocycles. The molecule has 27 heavy (non-hydrogen) atoms. The third-order valence-corrected chi connectivity index (χ3v) is 5.58. The summed E-state index contributed by atoms with van der Waals surface area (Å²) in [5.41, 5.74) is 2.94. The van der Waals surface area contributed by atoms with Crippen molar-refractivity contribution in [1.82, 2.24) is 4.90 Å². The molecule has 0 aliphatic heterocycles. The fourth-order valence-corrected chi connectivity index (χ4v) is 3.94. The number of thiophene rings is 1. The van der Waals surface area contributed by atoms with Crippen LogP contribution in [-0.2, 0) is 24.2 Å². The lowest BCUT2D eigenvalue weighted by molar-refractivity contribution is -0.131. The molecule has 0 aliphatic carbocycles. The molecule has 0 spiro atoms. The van der Waals surface area contributed by atoms with Crippen LogP contribution in [0, 0.1) is 0 Å². The number of carbonyl (C=O) groups is 1. The number of aromatic hydroxyl groups is 1. The van der Waals surface area contributed by atoms with Gasteiger partial charge in [0.05, 0.1) is 6.42 Å². The molecular weight excluding hydrogens is 401 g/mol. The van der Waals surface area contributed by atoms with Gasteiger partial charge in [0.25, 0.3) is 0 Å². The van der Waals surface area contributed by atoms with E-state index in [0.717, 1.165) is 16.7 Å². The Morgan fingerprint density at radius 3 is 2.48 bits per heavy atom. The van der Waals surface area contributed by atoms with E-state index in [9.17, 15) is 9.90 Å². The summed E-state index contributed by atoms with van der Waals surface area (Å²) in [7, 11) is 0. The lowest BCUT2D eigenvalue weighted by atomic mass is 10.1. The van der Waals surface area contributed by atoms with Crippen LogP contribution in [0.15, 0.2) is 59.3 Å². The molecule has 1 N–H and O–H groups in total. The van der Waals surface area contributed by atoms with Crippen molar-refractivity contribution in [3.05, 3.63) is 86.0 Å². The molecule has 6 heteroatoms. The number of phenolic OH excluding ortho intramolecular Hbond substituents is 1. The van der Waals surface area contributed by atoms with E-state index in [1.807, 2.05) is 39.9 Å². The summed E-state index contributed by atoms with van der Waals surface area (Å²) in [6.07, 6.45) is 1.01. The minimum atomic E-state index is 0.0616. The maximum absolute atomic E-state index is 12.9. The molecule has 0 saturated heterocycles. The van der Waals surface area contributed by atoms with E-state index in [4.69, 9.17) is 23.2 Å². The van der Waals surface area contributed by atoms with Crippen LogP contribution in [0.5, 0.6) is 5.75 Å². The van der Waals surface area contributed by atoms with E-state index in [-0.39, 0.29) is 11.7 Å². The van der Waals surface area contributed by atoms with E-state index in [2.05, 4.69) is 0 Å². The zero-order valence-electron chi connectivity index (χ0n) is 14.6. The van der Waals surface area contributed by atoms with Crippen LogP contribution < -0.4 is 0 Å². The van der Waals surface area contributed by atoms with Gasteiger partial charge in [-0.1, -0.05) is 41.4 Å². The Labute approximate surface area is 172 Å². The molecule has 0 saturated carbocycles. The lowest BCUT2D eigenvalue weighted by Crippen LogP contribution is -2.33. The topological polar surface area (TPSA) is 40.5 Å². The maximum atomic E-state index is 12.9. The first-order chi connectivity index (χ1) is 13.0. The Hall–Kier alpha value is -2.01. The molecule has 3 rings (SSSR count). The Morgan fingerprint density at radius 2 is 1.81 bits per heavy atom. The van der Waals surface area contributed by atoms with Gasteiger partial charge in [0, 0.05) is 23.1 Å². The second-order valence-electron chi connectivity index (χ2n) is 6.28. The quantitative estimate of drug-likeness (QED) is 0.543. The van der Waals surface area contributed by atoms with E-state index >= 15 is 0 Å². The normalized spacial score (nSPS) is 10.7. The van der Waals surface area contributed by atoms with Crippen LogP contribution in [0.3, 0.4) is 0 Å². The predicted molar refractivity (Wildman–Crippen MR) is 112 cm³/mol. The number of hydrogen-bond donors (Lipinski definition) is 1. The molecule has 3 nitrogen and oxygen atoms in total. The molecular formula is C21H19Cl2NO2S. The van der Waals surface area contributed by atoms with E-state index in [1.165, 1.54) is 0 Å². The van der Waals surface area contributed by atoms with Crippen LogP contribution in [-0.4, -0.2) is 22.5 Å². The van der Waals surface area contributed by atoms with Gasteiger partial charge in [-0.05, 0) is 64.2 Å². The van der Waals surface area contributed by atoms with Gasteiger partial charge in [0.15, 0.2) is 0 Å². The molecule has 1 amide bonds. The highest BCUT2D eigenvalue weighted by atomic mass is 35.5. The van der Waals surface area contributed by atoms with Crippen molar-refractivity contribution in [3.63, 3.8) is 0 Å². The molecule has 0 radical (unpaired) electrons. The van der Waals surface area contributed by atoms with Gasteiger partial charge < -0.3 is 10.0 Å². The standard InChI is InChI=1S/C21H19Cl2NO2S/c22-18-4-3-17(20(23)12-18)7-9-24(13-15-1-5-19(25)6-2-15)21(26)11-16-8-10-27-14-16/h1-6,8,10,12,14,25H,7,9,11,13H2. The van der Waals surface area contributed by atoms with Crippen LogP contribution in [0.25, 0.3) is 0 Å². The molecule has 0 bridgehead atoms. The molecule has 0 atom stereocenters. The van der Waals surface area contributed by atoms with Crippen molar-refractivity contribution < 1.29 is 9.90 Å². The van der Waals surface area contributed by atoms with Gasteiger partial charge in [0.2, 0.25) is 5.91 Å². The highest BCUT2D eigenvalue weighted by Gasteiger charge is 2.16. The first kappa shape index (κ1) is 19.7. The van der Waals surface area contributed by atoms with Crippen molar-refractivity contribution >= 4 is 40.4 Å².